The third-order valence-electron chi connectivity index (χ3n) is 2.38. The van der Waals surface area contributed by atoms with E-state index in [4.69, 9.17) is 60.2 Å². The van der Waals surface area contributed by atoms with Crippen LogP contribution in [-0.2, 0) is 35.2 Å². The molecule has 0 aromatic heterocycles. The highest BCUT2D eigenvalue weighted by Crippen LogP contribution is 2.54. The lowest BCUT2D eigenvalue weighted by molar-refractivity contribution is 0.210. The third-order valence-corrected chi connectivity index (χ3v) is 6.48. The molecule has 0 aliphatic rings. The number of sulfone groups is 1. The fourth-order valence-electron chi connectivity index (χ4n) is 1.57. The molecule has 1 rings (SSSR count). The summed E-state index contributed by atoms with van der Waals surface area (Å²) < 4.78 is 39.8. The van der Waals surface area contributed by atoms with Gasteiger partial charge in [0.15, 0.2) is 9.84 Å². The van der Waals surface area contributed by atoms with Crippen molar-refractivity contribution in [1.82, 2.24) is 0 Å². The van der Waals surface area contributed by atoms with E-state index >= 15 is 0 Å². The van der Waals surface area contributed by atoms with Crippen molar-refractivity contribution in [3.05, 3.63) is 38.2 Å². The minimum Gasteiger partial charge on any atom is -0.423 e. The molecule has 1 aromatic rings. The van der Waals surface area contributed by atoms with Crippen LogP contribution < -0.4 is 0 Å². The first kappa shape index (κ1) is 22.2. The molecule has 0 aliphatic carbocycles. The Bertz CT molecular complexity index is 770. The van der Waals surface area contributed by atoms with Crippen molar-refractivity contribution in [3.8, 4) is 0 Å². The molecule has 0 amide bonds. The van der Waals surface area contributed by atoms with Gasteiger partial charge in [-0.1, -0.05) is 34.8 Å². The third kappa shape index (κ3) is 6.81. The van der Waals surface area contributed by atoms with Gasteiger partial charge < -0.3 is 4.52 Å². The zero-order valence-corrected chi connectivity index (χ0v) is 17.9. The van der Waals surface area contributed by atoms with Crippen LogP contribution in [0.5, 0.6) is 0 Å². The Kier molecular flexibility index (Phi) is 8.50. The van der Waals surface area contributed by atoms with Gasteiger partial charge in [-0.2, -0.15) is 0 Å². The topological polar surface area (TPSA) is 61.8 Å². The molecule has 0 spiro atoms. The Hall–Kier alpha value is 0.150. The maximum atomic E-state index is 11.7. The zero-order valence-electron chi connectivity index (χ0n) is 13.1. The van der Waals surface area contributed by atoms with Crippen molar-refractivity contribution in [1.29, 1.82) is 0 Å². The molecular formula is C13H16Cl3O5PS2. The summed E-state index contributed by atoms with van der Waals surface area (Å²) in [5.74, 6) is -0.119. The van der Waals surface area contributed by atoms with Gasteiger partial charge >= 0.3 is 6.72 Å². The van der Waals surface area contributed by atoms with Gasteiger partial charge in [0.25, 0.3) is 0 Å². The largest absolute Gasteiger partial charge is 0.423 e. The highest BCUT2D eigenvalue weighted by atomic mass is 35.5. The Labute approximate surface area is 162 Å². The Morgan fingerprint density at radius 3 is 2.08 bits per heavy atom. The molecule has 0 atom stereocenters. The van der Waals surface area contributed by atoms with Crippen molar-refractivity contribution < 1.29 is 22.0 Å². The van der Waals surface area contributed by atoms with Crippen LogP contribution in [0.2, 0.25) is 15.1 Å². The van der Waals surface area contributed by atoms with Crippen LogP contribution in [0.25, 0.3) is 5.76 Å². The molecule has 11 heteroatoms. The van der Waals surface area contributed by atoms with E-state index in [-0.39, 0.29) is 39.6 Å². The standard InChI is InChI=1S/C13H16Cl3O5PS2/c1-4-19-22(23,20-5-2)21-13(8-24(3,17)18)9-6-11(15)12(16)7-10(9)14/h6-8H,4-5H2,1-3H3/b13-8+. The molecule has 0 radical (unpaired) electrons. The molecule has 0 saturated heterocycles. The summed E-state index contributed by atoms with van der Waals surface area (Å²) in [7, 11) is -3.57. The van der Waals surface area contributed by atoms with E-state index in [0.29, 0.717) is 0 Å². The highest BCUT2D eigenvalue weighted by Gasteiger charge is 2.25. The van der Waals surface area contributed by atoms with E-state index in [1.807, 2.05) is 0 Å². The summed E-state index contributed by atoms with van der Waals surface area (Å²) in [4.78, 5) is 0. The summed E-state index contributed by atoms with van der Waals surface area (Å²) in [5, 5.41) is 1.43. The Morgan fingerprint density at radius 2 is 1.62 bits per heavy atom. The normalized spacial score (nSPS) is 13.2. The Balaban J connectivity index is 3.47. The molecule has 0 heterocycles. The first-order valence-corrected chi connectivity index (χ1v) is 12.3. The highest BCUT2D eigenvalue weighted by molar-refractivity contribution is 8.07. The molecule has 5 nitrogen and oxygen atoms in total. The quantitative estimate of drug-likeness (QED) is 0.302. The molecule has 24 heavy (non-hydrogen) atoms. The predicted octanol–water partition coefficient (Wildman–Crippen LogP) is 5.30. The van der Waals surface area contributed by atoms with Crippen LogP contribution >= 0.6 is 41.5 Å². The summed E-state index contributed by atoms with van der Waals surface area (Å²) >= 11 is 23.3. The van der Waals surface area contributed by atoms with E-state index in [1.165, 1.54) is 12.1 Å². The smallest absolute Gasteiger partial charge is 0.380 e. The van der Waals surface area contributed by atoms with Gasteiger partial charge in [-0.25, -0.2) is 8.42 Å². The van der Waals surface area contributed by atoms with Gasteiger partial charge in [-0.15, -0.1) is 0 Å². The first-order chi connectivity index (χ1) is 11.0. The van der Waals surface area contributed by atoms with Crippen molar-refractivity contribution in [2.45, 2.75) is 13.8 Å². The lowest BCUT2D eigenvalue weighted by Gasteiger charge is -2.23. The summed E-state index contributed by atoms with van der Waals surface area (Å²) in [6.07, 6.45) is 1.01. The van der Waals surface area contributed by atoms with Gasteiger partial charge in [0, 0.05) is 23.6 Å². The van der Waals surface area contributed by atoms with E-state index in [9.17, 15) is 8.42 Å². The fraction of sp³-hybridized carbons (Fsp3) is 0.385. The van der Waals surface area contributed by atoms with Crippen LogP contribution in [0.4, 0.5) is 0 Å². The van der Waals surface area contributed by atoms with Gasteiger partial charge in [-0.05, 0) is 26.0 Å². The van der Waals surface area contributed by atoms with Crippen molar-refractivity contribution >= 4 is 68.9 Å². The SMILES string of the molecule is CCOP(=S)(OCC)O/C(=C/S(C)(=O)=O)c1cc(Cl)c(Cl)cc1Cl. The predicted molar refractivity (Wildman–Crippen MR) is 103 cm³/mol. The molecule has 0 fully saturated rings. The molecule has 1 aromatic carbocycles. The van der Waals surface area contributed by atoms with Gasteiger partial charge in [0.1, 0.15) is 5.76 Å². The summed E-state index contributed by atoms with van der Waals surface area (Å²) in [6.45, 7) is 0.697. The molecule has 0 saturated carbocycles. The number of rotatable bonds is 8. The minimum atomic E-state index is -3.57. The average molecular weight is 454 g/mol. The minimum absolute atomic E-state index is 0.119. The second kappa shape index (κ2) is 9.19. The van der Waals surface area contributed by atoms with E-state index in [2.05, 4.69) is 0 Å². The van der Waals surface area contributed by atoms with E-state index in [1.54, 1.807) is 13.8 Å². The average Bonchev–Trinajstić information content (AvgIpc) is 2.41. The van der Waals surface area contributed by atoms with Crippen molar-refractivity contribution in [2.24, 2.45) is 0 Å². The molecule has 136 valence electrons. The van der Waals surface area contributed by atoms with Crippen LogP contribution in [0.15, 0.2) is 17.5 Å². The van der Waals surface area contributed by atoms with Crippen LogP contribution in [0.3, 0.4) is 0 Å². The molecular weight excluding hydrogens is 438 g/mol. The number of halogens is 3. The van der Waals surface area contributed by atoms with E-state index < -0.39 is 16.6 Å². The van der Waals surface area contributed by atoms with Gasteiger partial charge in [0.2, 0.25) is 0 Å². The monoisotopic (exact) mass is 452 g/mol. The number of hydrogen-bond donors (Lipinski definition) is 0. The van der Waals surface area contributed by atoms with Crippen LogP contribution in [0.1, 0.15) is 19.4 Å². The molecule has 0 bridgehead atoms. The second-order valence-electron chi connectivity index (χ2n) is 4.43. The number of hydrogen-bond acceptors (Lipinski definition) is 6. The maximum Gasteiger partial charge on any atom is 0.380 e. The number of benzene rings is 1. The molecule has 0 aliphatic heterocycles. The van der Waals surface area contributed by atoms with Gasteiger partial charge in [-0.3, -0.25) is 9.05 Å². The van der Waals surface area contributed by atoms with Crippen LogP contribution in [-0.4, -0.2) is 27.9 Å². The Morgan fingerprint density at radius 1 is 1.12 bits per heavy atom. The zero-order chi connectivity index (χ0) is 18.5. The van der Waals surface area contributed by atoms with E-state index in [0.717, 1.165) is 11.7 Å². The van der Waals surface area contributed by atoms with Gasteiger partial charge in [0.05, 0.1) is 33.7 Å². The summed E-state index contributed by atoms with van der Waals surface area (Å²) in [6, 6.07) is 2.77. The maximum absolute atomic E-state index is 11.7. The molecule has 0 unspecified atom stereocenters. The van der Waals surface area contributed by atoms with Crippen LogP contribution in [0, 0.1) is 0 Å². The van der Waals surface area contributed by atoms with Crippen molar-refractivity contribution in [2.75, 3.05) is 19.5 Å². The van der Waals surface area contributed by atoms with Crippen molar-refractivity contribution in [3.63, 3.8) is 0 Å². The first-order valence-electron chi connectivity index (χ1n) is 6.66. The lowest BCUT2D eigenvalue weighted by atomic mass is 10.2. The molecule has 0 N–H and O–H groups in total. The second-order valence-corrected chi connectivity index (χ2v) is 10.5. The lowest BCUT2D eigenvalue weighted by Crippen LogP contribution is -2.02. The fourth-order valence-corrected chi connectivity index (χ4v) is 4.92. The summed E-state index contributed by atoms with van der Waals surface area (Å²) in [5.41, 5.74) is 0.213.